The number of benzene rings is 4. The van der Waals surface area contributed by atoms with Crippen molar-refractivity contribution in [1.82, 2.24) is 10.6 Å². The molecule has 4 aromatic rings. The molecule has 0 aromatic heterocycles. The Morgan fingerprint density at radius 2 is 1.42 bits per heavy atom. The Bertz CT molecular complexity index is 1760. The van der Waals surface area contributed by atoms with Gasteiger partial charge >= 0.3 is 12.1 Å². The van der Waals surface area contributed by atoms with Crippen LogP contribution < -0.4 is 16.0 Å². The summed E-state index contributed by atoms with van der Waals surface area (Å²) in [5, 5.41) is 11.0. The molecule has 1 aliphatic carbocycles. The first kappa shape index (κ1) is 36.1. The first-order valence-corrected chi connectivity index (χ1v) is 17.3. The molecule has 0 unspecified atom stereocenters. The van der Waals surface area contributed by atoms with Gasteiger partial charge in [0, 0.05) is 24.6 Å². The van der Waals surface area contributed by atoms with Crippen LogP contribution in [0.2, 0.25) is 0 Å². The Balaban J connectivity index is 1.18. The zero-order valence-electron chi connectivity index (χ0n) is 29.1. The number of amides is 3. The Kier molecular flexibility index (Phi) is 12.3. The Morgan fingerprint density at radius 1 is 0.760 bits per heavy atom. The van der Waals surface area contributed by atoms with Crippen LogP contribution in [-0.4, -0.2) is 42.1 Å². The molecule has 1 fully saturated rings. The fourth-order valence-electron chi connectivity index (χ4n) is 6.16. The minimum atomic E-state index is -0.803. The highest BCUT2D eigenvalue weighted by atomic mass is 16.6. The maximum absolute atomic E-state index is 13.7. The normalized spacial score (nSPS) is 16.5. The highest BCUT2D eigenvalue weighted by Crippen LogP contribution is 2.29. The topological polar surface area (TPSA) is 123 Å². The zero-order valence-corrected chi connectivity index (χ0v) is 29.1. The van der Waals surface area contributed by atoms with Crippen LogP contribution >= 0.6 is 0 Å². The van der Waals surface area contributed by atoms with Crippen molar-refractivity contribution >= 4 is 40.3 Å². The molecule has 9 heteroatoms. The van der Waals surface area contributed by atoms with Crippen molar-refractivity contribution in [2.75, 3.05) is 11.9 Å². The summed E-state index contributed by atoms with van der Waals surface area (Å²) >= 11 is 0. The van der Waals surface area contributed by atoms with Crippen LogP contribution in [0.4, 0.5) is 10.5 Å². The predicted molar refractivity (Wildman–Crippen MR) is 194 cm³/mol. The third-order valence-corrected chi connectivity index (χ3v) is 8.85. The average molecular weight is 678 g/mol. The number of carbonyl (C=O) groups excluding carboxylic acids is 4. The fraction of sp³-hybridized carbons (Fsp3) is 0.366. The molecule has 3 amide bonds. The van der Waals surface area contributed by atoms with Crippen LogP contribution in [0.1, 0.15) is 63.1 Å². The Morgan fingerprint density at radius 3 is 2.12 bits per heavy atom. The van der Waals surface area contributed by atoms with Crippen molar-refractivity contribution < 1.29 is 28.7 Å². The van der Waals surface area contributed by atoms with Crippen LogP contribution in [0, 0.1) is 11.8 Å². The van der Waals surface area contributed by atoms with Gasteiger partial charge in [-0.25, -0.2) is 4.79 Å². The van der Waals surface area contributed by atoms with E-state index in [2.05, 4.69) is 22.0 Å². The lowest BCUT2D eigenvalue weighted by atomic mass is 9.81. The van der Waals surface area contributed by atoms with Crippen molar-refractivity contribution in [2.45, 2.75) is 77.5 Å². The second kappa shape index (κ2) is 17.0. The predicted octanol–water partition coefficient (Wildman–Crippen LogP) is 7.12. The lowest BCUT2D eigenvalue weighted by molar-refractivity contribution is -0.144. The van der Waals surface area contributed by atoms with Gasteiger partial charge in [-0.05, 0) is 92.0 Å². The second-order valence-corrected chi connectivity index (χ2v) is 14.1. The van der Waals surface area contributed by atoms with Crippen molar-refractivity contribution in [1.29, 1.82) is 0 Å². The number of rotatable bonds is 12. The minimum absolute atomic E-state index is 0.112. The third-order valence-electron chi connectivity index (χ3n) is 8.85. The molecule has 1 atom stereocenters. The standard InChI is InChI=1S/C41H47N3O6/c1-41(2,3)50-40(48)42-26-29-13-19-33(20-14-29)38(46)44-36(24-31-15-18-32-11-7-8-12-34(32)23-31)39(47)43-35-21-16-28(17-22-35)25-37(45)49-27-30-9-5-4-6-10-30/h4-12,15-18,21-23,29,33,36H,13-14,19-20,24-27H2,1-3H3,(H,42,48)(H,43,47)(H,44,46)/t29?,33?,36-/m0/s1. The first-order valence-electron chi connectivity index (χ1n) is 17.3. The van der Waals surface area contributed by atoms with E-state index in [0.717, 1.165) is 40.3 Å². The third kappa shape index (κ3) is 11.2. The fourth-order valence-corrected chi connectivity index (χ4v) is 6.16. The summed E-state index contributed by atoms with van der Waals surface area (Å²) in [5.41, 5.74) is 2.62. The molecule has 4 aromatic carbocycles. The summed E-state index contributed by atoms with van der Waals surface area (Å²) < 4.78 is 10.7. The van der Waals surface area contributed by atoms with Gasteiger partial charge in [0.2, 0.25) is 11.8 Å². The molecule has 0 aliphatic heterocycles. The van der Waals surface area contributed by atoms with E-state index in [1.165, 1.54) is 0 Å². The number of fused-ring (bicyclic) bond motifs is 1. The van der Waals surface area contributed by atoms with Gasteiger partial charge < -0.3 is 25.4 Å². The van der Waals surface area contributed by atoms with Crippen LogP contribution in [0.5, 0.6) is 0 Å². The van der Waals surface area contributed by atoms with Crippen molar-refractivity contribution in [3.63, 3.8) is 0 Å². The quantitative estimate of drug-likeness (QED) is 0.137. The number of hydrogen-bond donors (Lipinski definition) is 3. The van der Waals surface area contributed by atoms with E-state index in [1.54, 1.807) is 24.3 Å². The van der Waals surface area contributed by atoms with E-state index in [4.69, 9.17) is 9.47 Å². The summed E-state index contributed by atoms with van der Waals surface area (Å²) in [4.78, 5) is 51.8. The van der Waals surface area contributed by atoms with E-state index in [1.807, 2.05) is 87.5 Å². The molecule has 0 spiro atoms. The van der Waals surface area contributed by atoms with E-state index in [9.17, 15) is 19.2 Å². The summed E-state index contributed by atoms with van der Waals surface area (Å²) in [6.07, 6.45) is 2.93. The van der Waals surface area contributed by atoms with Gasteiger partial charge in [-0.2, -0.15) is 0 Å². The molecule has 1 saturated carbocycles. The molecular weight excluding hydrogens is 630 g/mol. The van der Waals surface area contributed by atoms with Crippen LogP contribution in [0.3, 0.4) is 0 Å². The number of carbonyl (C=O) groups is 4. The molecule has 0 saturated heterocycles. The highest BCUT2D eigenvalue weighted by molar-refractivity contribution is 5.98. The van der Waals surface area contributed by atoms with Gasteiger partial charge in [-0.15, -0.1) is 0 Å². The minimum Gasteiger partial charge on any atom is -0.461 e. The number of nitrogens with one attached hydrogen (secondary N) is 3. The van der Waals surface area contributed by atoms with Gasteiger partial charge in [-0.3, -0.25) is 14.4 Å². The molecule has 0 bridgehead atoms. The summed E-state index contributed by atoms with van der Waals surface area (Å²) in [6.45, 7) is 6.20. The molecule has 9 nitrogen and oxygen atoms in total. The van der Waals surface area contributed by atoms with E-state index >= 15 is 0 Å². The number of esters is 1. The van der Waals surface area contributed by atoms with Gasteiger partial charge in [0.1, 0.15) is 18.2 Å². The summed E-state index contributed by atoms with van der Waals surface area (Å²) in [5.74, 6) is -0.764. The van der Waals surface area contributed by atoms with E-state index in [-0.39, 0.29) is 42.6 Å². The van der Waals surface area contributed by atoms with E-state index < -0.39 is 17.7 Å². The lowest BCUT2D eigenvalue weighted by Gasteiger charge is -2.29. The van der Waals surface area contributed by atoms with Gasteiger partial charge in [0.05, 0.1) is 6.42 Å². The number of ether oxygens (including phenoxy) is 2. The number of alkyl carbamates (subject to hydrolysis) is 1. The second-order valence-electron chi connectivity index (χ2n) is 14.1. The molecular formula is C41H47N3O6. The lowest BCUT2D eigenvalue weighted by Crippen LogP contribution is -2.48. The summed E-state index contributed by atoms with van der Waals surface area (Å²) in [7, 11) is 0. The van der Waals surface area contributed by atoms with Crippen molar-refractivity contribution in [2.24, 2.45) is 11.8 Å². The van der Waals surface area contributed by atoms with Crippen molar-refractivity contribution in [3.05, 3.63) is 114 Å². The summed E-state index contributed by atoms with van der Waals surface area (Å²) in [6, 6.07) is 29.9. The smallest absolute Gasteiger partial charge is 0.407 e. The number of anilines is 1. The maximum atomic E-state index is 13.7. The SMILES string of the molecule is CC(C)(C)OC(=O)NCC1CCC(C(=O)N[C@@H](Cc2ccc3ccccc3c2)C(=O)Nc2ccc(CC(=O)OCc3ccccc3)cc2)CC1. The molecule has 50 heavy (non-hydrogen) atoms. The molecule has 0 radical (unpaired) electrons. The monoisotopic (exact) mass is 677 g/mol. The first-order chi connectivity index (χ1) is 24.0. The Hall–Kier alpha value is -5.18. The molecule has 0 heterocycles. The maximum Gasteiger partial charge on any atom is 0.407 e. The molecule has 5 rings (SSSR count). The average Bonchev–Trinajstić information content (AvgIpc) is 3.10. The van der Waals surface area contributed by atoms with Crippen molar-refractivity contribution in [3.8, 4) is 0 Å². The van der Waals surface area contributed by atoms with Crippen LogP contribution in [0.15, 0.2) is 97.1 Å². The van der Waals surface area contributed by atoms with E-state index in [0.29, 0.717) is 31.5 Å². The largest absolute Gasteiger partial charge is 0.461 e. The van der Waals surface area contributed by atoms with Gasteiger partial charge in [-0.1, -0.05) is 84.9 Å². The molecule has 1 aliphatic rings. The Labute approximate surface area is 294 Å². The van der Waals surface area contributed by atoms with Gasteiger partial charge in [0.25, 0.3) is 0 Å². The van der Waals surface area contributed by atoms with Crippen LogP contribution in [0.25, 0.3) is 10.8 Å². The molecule has 3 N–H and O–H groups in total. The van der Waals surface area contributed by atoms with Crippen LogP contribution in [-0.2, 0) is 43.3 Å². The molecule has 262 valence electrons. The zero-order chi connectivity index (χ0) is 35.5. The highest BCUT2D eigenvalue weighted by Gasteiger charge is 2.30. The van der Waals surface area contributed by atoms with Gasteiger partial charge in [0.15, 0.2) is 0 Å². The number of hydrogen-bond acceptors (Lipinski definition) is 6.